The Morgan fingerprint density at radius 1 is 1.20 bits per heavy atom. The van der Waals surface area contributed by atoms with Gasteiger partial charge in [-0.1, -0.05) is 15.9 Å². The molecule has 0 fully saturated rings. The molecule has 2 rings (SSSR count). The van der Waals surface area contributed by atoms with Gasteiger partial charge in [-0.2, -0.15) is 15.0 Å². The number of benzene rings is 1. The average Bonchev–Trinajstić information content (AvgIpc) is 2.35. The van der Waals surface area contributed by atoms with Crippen LogP contribution in [0.2, 0.25) is 5.28 Å². The van der Waals surface area contributed by atoms with Crippen LogP contribution in [0.3, 0.4) is 0 Å². The highest BCUT2D eigenvalue weighted by Crippen LogP contribution is 2.28. The lowest BCUT2D eigenvalue weighted by Crippen LogP contribution is -2.05. The van der Waals surface area contributed by atoms with E-state index in [2.05, 4.69) is 36.2 Å². The Balaban J connectivity index is 2.30. The van der Waals surface area contributed by atoms with Crippen LogP contribution in [0.1, 0.15) is 18.1 Å². The number of hydrogen-bond donors (Lipinski definition) is 1. The molecule has 0 aliphatic heterocycles. The number of rotatable bonds is 4. The van der Waals surface area contributed by atoms with E-state index in [9.17, 15) is 0 Å². The molecule has 0 saturated carbocycles. The Morgan fingerprint density at radius 3 is 2.45 bits per heavy atom. The van der Waals surface area contributed by atoms with Crippen LogP contribution in [0.4, 0.5) is 5.95 Å². The summed E-state index contributed by atoms with van der Waals surface area (Å²) in [5, 5.41) is 3.07. The Bertz CT molecular complexity index is 613. The molecule has 1 aromatic heterocycles. The largest absolute Gasteiger partial charge is 0.424 e. The van der Waals surface area contributed by atoms with Crippen molar-refractivity contribution in [1.29, 1.82) is 0 Å². The van der Waals surface area contributed by atoms with E-state index >= 15 is 0 Å². The summed E-state index contributed by atoms with van der Waals surface area (Å²) in [5.74, 6) is 1.06. The zero-order valence-corrected chi connectivity index (χ0v) is 13.7. The third kappa shape index (κ3) is 3.58. The van der Waals surface area contributed by atoms with Crippen LogP contribution < -0.4 is 10.1 Å². The number of nitrogens with zero attached hydrogens (tertiary/aromatic N) is 3. The number of halogens is 2. The molecule has 0 aliphatic rings. The number of ether oxygens (including phenoxy) is 1. The van der Waals surface area contributed by atoms with E-state index in [0.29, 0.717) is 18.2 Å². The van der Waals surface area contributed by atoms with Crippen molar-refractivity contribution < 1.29 is 4.74 Å². The lowest BCUT2D eigenvalue weighted by Gasteiger charge is -2.09. The van der Waals surface area contributed by atoms with Crippen LogP contribution in [0.25, 0.3) is 0 Å². The van der Waals surface area contributed by atoms with Gasteiger partial charge in [0.1, 0.15) is 5.75 Å². The fourth-order valence-corrected chi connectivity index (χ4v) is 2.07. The molecule has 7 heteroatoms. The van der Waals surface area contributed by atoms with Gasteiger partial charge in [-0.25, -0.2) is 0 Å². The van der Waals surface area contributed by atoms with Crippen molar-refractivity contribution in [3.8, 4) is 11.8 Å². The second kappa shape index (κ2) is 6.37. The van der Waals surface area contributed by atoms with Crippen molar-refractivity contribution in [3.05, 3.63) is 33.0 Å². The second-order valence-corrected chi connectivity index (χ2v) is 5.35. The van der Waals surface area contributed by atoms with Crippen molar-refractivity contribution >= 4 is 33.5 Å². The summed E-state index contributed by atoms with van der Waals surface area (Å²) in [6.45, 7) is 6.62. The molecule has 1 heterocycles. The van der Waals surface area contributed by atoms with Gasteiger partial charge < -0.3 is 10.1 Å². The lowest BCUT2D eigenvalue weighted by atomic mass is 10.1. The van der Waals surface area contributed by atoms with Crippen LogP contribution in [-0.2, 0) is 0 Å². The maximum atomic E-state index is 5.85. The monoisotopic (exact) mass is 356 g/mol. The maximum Gasteiger partial charge on any atom is 0.328 e. The molecule has 2 aromatic rings. The first-order valence-electron chi connectivity index (χ1n) is 6.09. The smallest absolute Gasteiger partial charge is 0.328 e. The first-order chi connectivity index (χ1) is 9.49. The van der Waals surface area contributed by atoms with E-state index in [1.165, 1.54) is 0 Å². The van der Waals surface area contributed by atoms with Gasteiger partial charge in [0.05, 0.1) is 0 Å². The van der Waals surface area contributed by atoms with Gasteiger partial charge in [-0.05, 0) is 55.6 Å². The Hall–Kier alpha value is -1.40. The van der Waals surface area contributed by atoms with Gasteiger partial charge in [0.25, 0.3) is 0 Å². The van der Waals surface area contributed by atoms with E-state index in [-0.39, 0.29) is 11.3 Å². The average molecular weight is 358 g/mol. The summed E-state index contributed by atoms with van der Waals surface area (Å²) in [5.41, 5.74) is 2.15. The number of anilines is 1. The van der Waals surface area contributed by atoms with Gasteiger partial charge in [0.2, 0.25) is 11.2 Å². The van der Waals surface area contributed by atoms with Crippen molar-refractivity contribution in [3.63, 3.8) is 0 Å². The zero-order chi connectivity index (χ0) is 14.7. The molecular weight excluding hydrogens is 344 g/mol. The van der Waals surface area contributed by atoms with Crippen molar-refractivity contribution in [1.82, 2.24) is 15.0 Å². The molecule has 0 radical (unpaired) electrons. The summed E-state index contributed by atoms with van der Waals surface area (Å²) in [6, 6.07) is 3.98. The molecule has 0 unspecified atom stereocenters. The van der Waals surface area contributed by atoms with Crippen LogP contribution >= 0.6 is 27.5 Å². The topological polar surface area (TPSA) is 59.9 Å². The normalized spacial score (nSPS) is 10.4. The van der Waals surface area contributed by atoms with E-state index in [0.717, 1.165) is 15.6 Å². The van der Waals surface area contributed by atoms with Crippen molar-refractivity contribution in [2.24, 2.45) is 0 Å². The molecule has 20 heavy (non-hydrogen) atoms. The predicted molar refractivity (Wildman–Crippen MR) is 82.7 cm³/mol. The van der Waals surface area contributed by atoms with Crippen LogP contribution in [-0.4, -0.2) is 21.5 Å². The quantitative estimate of drug-likeness (QED) is 0.891. The van der Waals surface area contributed by atoms with Gasteiger partial charge >= 0.3 is 6.01 Å². The van der Waals surface area contributed by atoms with Crippen molar-refractivity contribution in [2.75, 3.05) is 11.9 Å². The third-order valence-corrected chi connectivity index (χ3v) is 3.96. The van der Waals surface area contributed by atoms with Crippen molar-refractivity contribution in [2.45, 2.75) is 20.8 Å². The first kappa shape index (κ1) is 15.0. The van der Waals surface area contributed by atoms with Crippen LogP contribution in [0, 0.1) is 13.8 Å². The molecule has 1 aromatic carbocycles. The third-order valence-electron chi connectivity index (χ3n) is 2.54. The summed E-state index contributed by atoms with van der Waals surface area (Å²) in [6.07, 6.45) is 0. The van der Waals surface area contributed by atoms with Gasteiger partial charge in [0, 0.05) is 11.0 Å². The molecule has 0 bridgehead atoms. The Kier molecular flexibility index (Phi) is 4.77. The Morgan fingerprint density at radius 2 is 1.85 bits per heavy atom. The standard InChI is InChI=1S/C13H14BrClN4O/c1-4-16-12-17-11(15)18-13(19-12)20-9-5-7(2)10(14)8(3)6-9/h5-6H,4H2,1-3H3,(H,16,17,18,19). The molecule has 106 valence electrons. The lowest BCUT2D eigenvalue weighted by molar-refractivity contribution is 0.439. The van der Waals surface area contributed by atoms with Crippen LogP contribution in [0.15, 0.2) is 16.6 Å². The minimum absolute atomic E-state index is 0.0940. The summed E-state index contributed by atoms with van der Waals surface area (Å²) < 4.78 is 6.72. The summed E-state index contributed by atoms with van der Waals surface area (Å²) in [4.78, 5) is 12.1. The fraction of sp³-hybridized carbons (Fsp3) is 0.308. The minimum Gasteiger partial charge on any atom is -0.424 e. The fourth-order valence-electron chi connectivity index (χ4n) is 1.69. The van der Waals surface area contributed by atoms with E-state index in [1.54, 1.807) is 0 Å². The Labute approximate surface area is 130 Å². The molecule has 0 spiro atoms. The molecule has 0 atom stereocenters. The highest BCUT2D eigenvalue weighted by molar-refractivity contribution is 9.10. The summed E-state index contributed by atoms with van der Waals surface area (Å²) >= 11 is 9.36. The molecule has 1 N–H and O–H groups in total. The molecule has 0 saturated heterocycles. The first-order valence-corrected chi connectivity index (χ1v) is 7.26. The summed E-state index contributed by atoms with van der Waals surface area (Å²) in [7, 11) is 0. The molecule has 0 aliphatic carbocycles. The van der Waals surface area contributed by atoms with Gasteiger partial charge in [-0.3, -0.25) is 0 Å². The van der Waals surface area contributed by atoms with Crippen LogP contribution in [0.5, 0.6) is 11.8 Å². The van der Waals surface area contributed by atoms with Gasteiger partial charge in [0.15, 0.2) is 0 Å². The van der Waals surface area contributed by atoms with E-state index in [1.807, 2.05) is 32.9 Å². The van der Waals surface area contributed by atoms with E-state index in [4.69, 9.17) is 16.3 Å². The maximum absolute atomic E-state index is 5.85. The predicted octanol–water partition coefficient (Wildman–Crippen LogP) is 4.13. The number of aryl methyl sites for hydroxylation is 2. The highest BCUT2D eigenvalue weighted by Gasteiger charge is 2.09. The number of nitrogens with one attached hydrogen (secondary N) is 1. The highest BCUT2D eigenvalue weighted by atomic mass is 79.9. The number of hydrogen-bond acceptors (Lipinski definition) is 5. The van der Waals surface area contributed by atoms with Gasteiger partial charge in [-0.15, -0.1) is 0 Å². The zero-order valence-electron chi connectivity index (χ0n) is 11.4. The SMILES string of the molecule is CCNc1nc(Cl)nc(Oc2cc(C)c(Br)c(C)c2)n1. The molecule has 0 amide bonds. The number of aromatic nitrogens is 3. The van der Waals surface area contributed by atoms with E-state index < -0.39 is 0 Å². The molecular formula is C13H14BrClN4O. The second-order valence-electron chi connectivity index (χ2n) is 4.21. The molecule has 5 nitrogen and oxygen atoms in total. The minimum atomic E-state index is 0.0940.